The molecule has 0 N–H and O–H groups in total. The lowest BCUT2D eigenvalue weighted by atomic mass is 9.63. The molecule has 1 aliphatic heterocycles. The van der Waals surface area contributed by atoms with Crippen molar-refractivity contribution in [2.75, 3.05) is 13.1 Å². The minimum Gasteiger partial charge on any atom is -0.441 e. The Balaban J connectivity index is 1.10. The van der Waals surface area contributed by atoms with Gasteiger partial charge in [-0.2, -0.15) is 0 Å². The minimum absolute atomic E-state index is 0.119. The minimum atomic E-state index is 0.119. The SMILES string of the molecule is Cc1oc(-c2ccccc2)nc1CC(=O)N1CCC(c2nc(-c3ccc4c(c3)C(C)(C)CCC4(C)C)cs2)CC1. The number of rotatable bonds is 5. The monoisotopic (exact) mass is 553 g/mol. The number of fused-ring (bicyclic) bond motifs is 1. The third-order valence-electron chi connectivity index (χ3n) is 9.10. The Kier molecular flexibility index (Phi) is 6.94. The van der Waals surface area contributed by atoms with E-state index in [1.807, 2.05) is 42.2 Å². The summed E-state index contributed by atoms with van der Waals surface area (Å²) < 4.78 is 5.87. The van der Waals surface area contributed by atoms with Crippen molar-refractivity contribution in [3.8, 4) is 22.7 Å². The zero-order chi connectivity index (χ0) is 28.1. The molecule has 6 rings (SSSR count). The topological polar surface area (TPSA) is 59.2 Å². The standard InChI is InChI=1S/C34H39N3O2S/c1-22-28(35-31(39-22)23-9-7-6-8-10-23)20-30(38)37-17-13-24(14-18-37)32-36-29(21-40-32)25-11-12-26-27(19-25)34(4,5)16-15-33(26,2)3/h6-12,19,21,24H,13-18,20H2,1-5H3. The number of aromatic nitrogens is 2. The number of carbonyl (C=O) groups is 1. The van der Waals surface area contributed by atoms with Crippen molar-refractivity contribution < 1.29 is 9.21 Å². The van der Waals surface area contributed by atoms with Crippen LogP contribution in [0.2, 0.25) is 0 Å². The van der Waals surface area contributed by atoms with E-state index in [-0.39, 0.29) is 23.2 Å². The van der Waals surface area contributed by atoms with Crippen LogP contribution in [0.15, 0.2) is 58.3 Å². The van der Waals surface area contributed by atoms with Crippen LogP contribution < -0.4 is 0 Å². The van der Waals surface area contributed by atoms with E-state index in [4.69, 9.17) is 9.40 Å². The second-order valence-corrected chi connectivity index (χ2v) is 13.7. The molecule has 1 saturated heterocycles. The van der Waals surface area contributed by atoms with Gasteiger partial charge in [-0.25, -0.2) is 9.97 Å². The van der Waals surface area contributed by atoms with Crippen molar-refractivity contribution in [3.05, 3.63) is 81.5 Å². The number of aryl methyl sites for hydroxylation is 1. The zero-order valence-corrected chi connectivity index (χ0v) is 25.1. The quantitative estimate of drug-likeness (QED) is 0.251. The average molecular weight is 554 g/mol. The fraction of sp³-hybridized carbons (Fsp3) is 0.441. The number of hydrogen-bond donors (Lipinski definition) is 0. The van der Waals surface area contributed by atoms with Crippen molar-refractivity contribution in [1.82, 2.24) is 14.9 Å². The Labute approximate surface area is 241 Å². The van der Waals surface area contributed by atoms with Crippen molar-refractivity contribution in [3.63, 3.8) is 0 Å². The van der Waals surface area contributed by atoms with Crippen LogP contribution in [-0.2, 0) is 22.0 Å². The summed E-state index contributed by atoms with van der Waals surface area (Å²) in [5.74, 6) is 1.81. The van der Waals surface area contributed by atoms with Gasteiger partial charge in [0.05, 0.1) is 22.8 Å². The Bertz CT molecular complexity index is 1520. The summed E-state index contributed by atoms with van der Waals surface area (Å²) in [6.07, 6.45) is 4.59. The molecule has 6 heteroatoms. The van der Waals surface area contributed by atoms with Gasteiger partial charge >= 0.3 is 0 Å². The zero-order valence-electron chi connectivity index (χ0n) is 24.3. The number of benzene rings is 2. The van der Waals surface area contributed by atoms with Crippen LogP contribution in [0.3, 0.4) is 0 Å². The van der Waals surface area contributed by atoms with E-state index in [0.29, 0.717) is 17.6 Å². The Morgan fingerprint density at radius 3 is 2.38 bits per heavy atom. The van der Waals surface area contributed by atoms with E-state index < -0.39 is 0 Å². The molecule has 2 aromatic carbocycles. The van der Waals surface area contributed by atoms with Crippen LogP contribution in [-0.4, -0.2) is 33.9 Å². The largest absolute Gasteiger partial charge is 0.441 e. The second-order valence-electron chi connectivity index (χ2n) is 12.8. The van der Waals surface area contributed by atoms with Crippen LogP contribution in [0.1, 0.15) is 86.9 Å². The molecule has 0 radical (unpaired) electrons. The third kappa shape index (κ3) is 5.14. The van der Waals surface area contributed by atoms with Gasteiger partial charge in [-0.15, -0.1) is 11.3 Å². The van der Waals surface area contributed by atoms with Crippen LogP contribution in [0.4, 0.5) is 0 Å². The first-order valence-electron chi connectivity index (χ1n) is 14.5. The molecule has 0 atom stereocenters. The first-order chi connectivity index (χ1) is 19.1. The maximum absolute atomic E-state index is 13.1. The molecule has 0 bridgehead atoms. The number of hydrogen-bond acceptors (Lipinski definition) is 5. The highest BCUT2D eigenvalue weighted by Crippen LogP contribution is 2.47. The van der Waals surface area contributed by atoms with E-state index in [2.05, 4.69) is 56.3 Å². The fourth-order valence-corrected chi connectivity index (χ4v) is 7.28. The highest BCUT2D eigenvalue weighted by molar-refractivity contribution is 7.10. The van der Waals surface area contributed by atoms with Crippen molar-refractivity contribution in [1.29, 1.82) is 0 Å². The molecule has 4 aromatic rings. The summed E-state index contributed by atoms with van der Waals surface area (Å²) in [5.41, 5.74) is 7.32. The fourth-order valence-electron chi connectivity index (χ4n) is 6.28. The Morgan fingerprint density at radius 2 is 1.65 bits per heavy atom. The Hall–Kier alpha value is -3.25. The molecule has 5 nitrogen and oxygen atoms in total. The highest BCUT2D eigenvalue weighted by atomic mass is 32.1. The van der Waals surface area contributed by atoms with E-state index in [9.17, 15) is 4.79 Å². The normalized spacial score (nSPS) is 18.5. The molecule has 1 fully saturated rings. The Morgan fingerprint density at radius 1 is 0.950 bits per heavy atom. The van der Waals surface area contributed by atoms with Gasteiger partial charge in [0, 0.05) is 35.5 Å². The van der Waals surface area contributed by atoms with E-state index >= 15 is 0 Å². The lowest BCUT2D eigenvalue weighted by Gasteiger charge is -2.42. The molecule has 1 amide bonds. The number of nitrogens with zero attached hydrogens (tertiary/aromatic N) is 3. The lowest BCUT2D eigenvalue weighted by Crippen LogP contribution is -2.38. The number of thiazole rings is 1. The van der Waals surface area contributed by atoms with Crippen LogP contribution in [0, 0.1) is 6.92 Å². The number of oxazole rings is 1. The smallest absolute Gasteiger partial charge is 0.228 e. The van der Waals surface area contributed by atoms with Gasteiger partial charge in [0.1, 0.15) is 5.76 Å². The van der Waals surface area contributed by atoms with Crippen LogP contribution in [0.25, 0.3) is 22.7 Å². The summed E-state index contributed by atoms with van der Waals surface area (Å²) in [7, 11) is 0. The predicted octanol–water partition coefficient (Wildman–Crippen LogP) is 8.07. The van der Waals surface area contributed by atoms with Gasteiger partial charge in [-0.05, 0) is 72.8 Å². The number of likely N-dealkylation sites (tertiary alicyclic amines) is 1. The van der Waals surface area contributed by atoms with Crippen molar-refractivity contribution in [2.45, 2.75) is 83.5 Å². The highest BCUT2D eigenvalue weighted by Gasteiger charge is 2.37. The summed E-state index contributed by atoms with van der Waals surface area (Å²) in [5, 5.41) is 3.41. The van der Waals surface area contributed by atoms with Gasteiger partial charge in [0.25, 0.3) is 0 Å². The molecule has 2 aliphatic rings. The maximum atomic E-state index is 13.1. The van der Waals surface area contributed by atoms with E-state index in [1.165, 1.54) is 34.5 Å². The van der Waals surface area contributed by atoms with Crippen molar-refractivity contribution >= 4 is 17.2 Å². The van der Waals surface area contributed by atoms with E-state index in [0.717, 1.165) is 42.9 Å². The summed E-state index contributed by atoms with van der Waals surface area (Å²) in [4.78, 5) is 24.9. The molecule has 40 heavy (non-hydrogen) atoms. The van der Waals surface area contributed by atoms with Crippen LogP contribution >= 0.6 is 11.3 Å². The van der Waals surface area contributed by atoms with Crippen molar-refractivity contribution in [2.24, 2.45) is 0 Å². The molecule has 3 heterocycles. The summed E-state index contributed by atoms with van der Waals surface area (Å²) in [6.45, 7) is 12.9. The van der Waals surface area contributed by atoms with E-state index in [1.54, 1.807) is 11.3 Å². The molecule has 208 valence electrons. The molecule has 0 unspecified atom stereocenters. The summed E-state index contributed by atoms with van der Waals surface area (Å²) in [6, 6.07) is 16.8. The number of amides is 1. The van der Waals surface area contributed by atoms with Gasteiger partial charge < -0.3 is 9.32 Å². The van der Waals surface area contributed by atoms with Gasteiger partial charge in [-0.1, -0.05) is 58.0 Å². The van der Waals surface area contributed by atoms with Gasteiger partial charge in [0.15, 0.2) is 0 Å². The van der Waals surface area contributed by atoms with Crippen LogP contribution in [0.5, 0.6) is 0 Å². The molecule has 0 spiro atoms. The second kappa shape index (κ2) is 10.3. The molecular weight excluding hydrogens is 514 g/mol. The predicted molar refractivity (Wildman–Crippen MR) is 162 cm³/mol. The first-order valence-corrected chi connectivity index (χ1v) is 15.4. The molecule has 2 aromatic heterocycles. The van der Waals surface area contributed by atoms with Gasteiger partial charge in [-0.3, -0.25) is 4.79 Å². The maximum Gasteiger partial charge on any atom is 0.228 e. The first kappa shape index (κ1) is 26.9. The number of carbonyl (C=O) groups excluding carboxylic acids is 1. The number of piperidine rings is 1. The summed E-state index contributed by atoms with van der Waals surface area (Å²) >= 11 is 1.77. The van der Waals surface area contributed by atoms with Gasteiger partial charge in [0.2, 0.25) is 11.8 Å². The molecule has 0 saturated carbocycles. The lowest BCUT2D eigenvalue weighted by molar-refractivity contribution is -0.131. The molecular formula is C34H39N3O2S. The average Bonchev–Trinajstić information content (AvgIpc) is 3.59. The molecule has 1 aliphatic carbocycles. The third-order valence-corrected chi connectivity index (χ3v) is 10.1.